The van der Waals surface area contributed by atoms with Crippen LogP contribution in [0.5, 0.6) is 0 Å². The number of hydrogen-bond donors (Lipinski definition) is 1. The van der Waals surface area contributed by atoms with Crippen LogP contribution in [0.1, 0.15) is 37.8 Å². The highest BCUT2D eigenvalue weighted by Gasteiger charge is 2.28. The summed E-state index contributed by atoms with van der Waals surface area (Å²) >= 11 is 0. The lowest BCUT2D eigenvalue weighted by molar-refractivity contribution is 0.493. The van der Waals surface area contributed by atoms with Crippen LogP contribution >= 0.6 is 0 Å². The molecule has 0 saturated carbocycles. The second-order valence-corrected chi connectivity index (χ2v) is 6.01. The molecule has 1 aliphatic heterocycles. The van der Waals surface area contributed by atoms with Crippen LogP contribution in [-0.2, 0) is 5.41 Å². The Bertz CT molecular complexity index is 504. The van der Waals surface area contributed by atoms with Gasteiger partial charge in [0.1, 0.15) is 0 Å². The SMILES string of the molecule is CC1(C)CC(C[C@H]2CN=CN2)=Cc2ccccc21. The first kappa shape index (κ1) is 11.5. The third-order valence-corrected chi connectivity index (χ3v) is 3.95. The molecule has 1 heterocycles. The molecule has 0 bridgehead atoms. The van der Waals surface area contributed by atoms with Crippen LogP contribution in [0.25, 0.3) is 6.08 Å². The quantitative estimate of drug-likeness (QED) is 0.843. The van der Waals surface area contributed by atoms with Crippen molar-refractivity contribution in [2.24, 2.45) is 4.99 Å². The average Bonchev–Trinajstić information content (AvgIpc) is 2.81. The average molecular weight is 240 g/mol. The first-order valence-corrected chi connectivity index (χ1v) is 6.68. The Kier molecular flexibility index (Phi) is 2.73. The second-order valence-electron chi connectivity index (χ2n) is 6.01. The molecule has 3 rings (SSSR count). The highest BCUT2D eigenvalue weighted by atomic mass is 15.1. The molecular formula is C16H20N2. The number of fused-ring (bicyclic) bond motifs is 1. The van der Waals surface area contributed by atoms with Crippen molar-refractivity contribution in [2.45, 2.75) is 38.1 Å². The molecule has 0 unspecified atom stereocenters. The molecule has 18 heavy (non-hydrogen) atoms. The van der Waals surface area contributed by atoms with Crippen LogP contribution in [-0.4, -0.2) is 18.9 Å². The monoisotopic (exact) mass is 240 g/mol. The normalized spacial score (nSPS) is 24.3. The summed E-state index contributed by atoms with van der Waals surface area (Å²) < 4.78 is 0. The van der Waals surface area contributed by atoms with Crippen molar-refractivity contribution in [3.63, 3.8) is 0 Å². The summed E-state index contributed by atoms with van der Waals surface area (Å²) in [5.74, 6) is 0. The topological polar surface area (TPSA) is 24.4 Å². The molecule has 0 saturated heterocycles. The van der Waals surface area contributed by atoms with Gasteiger partial charge in [0.25, 0.3) is 0 Å². The van der Waals surface area contributed by atoms with Gasteiger partial charge in [0.05, 0.1) is 18.9 Å². The maximum atomic E-state index is 4.25. The first-order valence-electron chi connectivity index (χ1n) is 6.68. The molecule has 0 fully saturated rings. The van der Waals surface area contributed by atoms with E-state index in [1.807, 2.05) is 6.34 Å². The molecule has 0 radical (unpaired) electrons. The maximum Gasteiger partial charge on any atom is 0.0827 e. The fraction of sp³-hybridized carbons (Fsp3) is 0.438. The van der Waals surface area contributed by atoms with Gasteiger partial charge in [-0.15, -0.1) is 0 Å². The van der Waals surface area contributed by atoms with Gasteiger partial charge in [-0.2, -0.15) is 0 Å². The zero-order chi connectivity index (χ0) is 12.6. The fourth-order valence-corrected chi connectivity index (χ4v) is 3.13. The molecule has 2 heteroatoms. The second kappa shape index (κ2) is 4.27. The Morgan fingerprint density at radius 1 is 1.33 bits per heavy atom. The van der Waals surface area contributed by atoms with E-state index in [0.717, 1.165) is 19.4 Å². The van der Waals surface area contributed by atoms with E-state index in [1.165, 1.54) is 11.1 Å². The minimum atomic E-state index is 0.250. The van der Waals surface area contributed by atoms with Crippen molar-refractivity contribution in [3.05, 3.63) is 41.0 Å². The Morgan fingerprint density at radius 3 is 2.94 bits per heavy atom. The molecule has 0 amide bonds. The molecule has 0 aromatic heterocycles. The predicted molar refractivity (Wildman–Crippen MR) is 77.0 cm³/mol. The molecule has 0 spiro atoms. The van der Waals surface area contributed by atoms with E-state index in [-0.39, 0.29) is 5.41 Å². The van der Waals surface area contributed by atoms with Gasteiger partial charge >= 0.3 is 0 Å². The van der Waals surface area contributed by atoms with Gasteiger partial charge in [0.15, 0.2) is 0 Å². The largest absolute Gasteiger partial charge is 0.372 e. The van der Waals surface area contributed by atoms with Gasteiger partial charge in [0, 0.05) is 0 Å². The van der Waals surface area contributed by atoms with Crippen LogP contribution < -0.4 is 5.32 Å². The predicted octanol–water partition coefficient (Wildman–Crippen LogP) is 3.14. The summed E-state index contributed by atoms with van der Waals surface area (Å²) in [6, 6.07) is 9.27. The Balaban J connectivity index is 1.87. The van der Waals surface area contributed by atoms with Crippen LogP contribution in [0, 0.1) is 0 Å². The lowest BCUT2D eigenvalue weighted by Gasteiger charge is -2.33. The van der Waals surface area contributed by atoms with Crippen LogP contribution in [0.3, 0.4) is 0 Å². The minimum Gasteiger partial charge on any atom is -0.372 e. The molecule has 1 aromatic rings. The summed E-state index contributed by atoms with van der Waals surface area (Å²) in [5.41, 5.74) is 4.66. The third-order valence-electron chi connectivity index (χ3n) is 3.95. The van der Waals surface area contributed by atoms with E-state index in [0.29, 0.717) is 6.04 Å². The van der Waals surface area contributed by atoms with E-state index in [2.05, 4.69) is 54.5 Å². The number of benzene rings is 1. The molecule has 2 nitrogen and oxygen atoms in total. The molecule has 1 N–H and O–H groups in total. The van der Waals surface area contributed by atoms with Gasteiger partial charge in [-0.3, -0.25) is 4.99 Å². The summed E-state index contributed by atoms with van der Waals surface area (Å²) in [4.78, 5) is 4.25. The molecular weight excluding hydrogens is 220 g/mol. The smallest absolute Gasteiger partial charge is 0.0827 e. The number of nitrogens with zero attached hydrogens (tertiary/aromatic N) is 1. The van der Waals surface area contributed by atoms with Gasteiger partial charge in [-0.25, -0.2) is 0 Å². The lowest BCUT2D eigenvalue weighted by Crippen LogP contribution is -2.28. The molecule has 2 aliphatic rings. The minimum absolute atomic E-state index is 0.250. The first-order chi connectivity index (χ1) is 8.65. The third kappa shape index (κ3) is 2.07. The lowest BCUT2D eigenvalue weighted by atomic mass is 9.72. The summed E-state index contributed by atoms with van der Waals surface area (Å²) in [6.45, 7) is 5.61. The molecule has 1 aromatic carbocycles. The summed E-state index contributed by atoms with van der Waals surface area (Å²) in [6.07, 6.45) is 6.48. The number of aliphatic imine (C=N–C) groups is 1. The van der Waals surface area contributed by atoms with E-state index in [4.69, 9.17) is 0 Å². The van der Waals surface area contributed by atoms with Crippen molar-refractivity contribution in [1.29, 1.82) is 0 Å². The molecule has 1 aliphatic carbocycles. The Labute approximate surface area is 109 Å². The number of nitrogens with one attached hydrogen (secondary N) is 1. The molecule has 94 valence electrons. The number of rotatable bonds is 2. The van der Waals surface area contributed by atoms with E-state index < -0.39 is 0 Å². The summed E-state index contributed by atoms with van der Waals surface area (Å²) in [7, 11) is 0. The van der Waals surface area contributed by atoms with Crippen LogP contribution in [0.4, 0.5) is 0 Å². The Morgan fingerprint density at radius 2 is 2.17 bits per heavy atom. The van der Waals surface area contributed by atoms with Crippen molar-refractivity contribution < 1.29 is 0 Å². The van der Waals surface area contributed by atoms with Crippen molar-refractivity contribution in [1.82, 2.24) is 5.32 Å². The molecule has 1 atom stereocenters. The van der Waals surface area contributed by atoms with Crippen LogP contribution in [0.2, 0.25) is 0 Å². The van der Waals surface area contributed by atoms with Gasteiger partial charge in [-0.05, 0) is 29.4 Å². The van der Waals surface area contributed by atoms with E-state index in [1.54, 1.807) is 5.57 Å². The van der Waals surface area contributed by atoms with Gasteiger partial charge in [0.2, 0.25) is 0 Å². The fourth-order valence-electron chi connectivity index (χ4n) is 3.13. The van der Waals surface area contributed by atoms with Crippen molar-refractivity contribution in [2.75, 3.05) is 6.54 Å². The zero-order valence-electron chi connectivity index (χ0n) is 11.1. The summed E-state index contributed by atoms with van der Waals surface area (Å²) in [5, 5.41) is 3.32. The highest BCUT2D eigenvalue weighted by Crippen LogP contribution is 2.39. The van der Waals surface area contributed by atoms with Crippen LogP contribution in [0.15, 0.2) is 34.8 Å². The highest BCUT2D eigenvalue weighted by molar-refractivity contribution is 5.63. The van der Waals surface area contributed by atoms with E-state index in [9.17, 15) is 0 Å². The van der Waals surface area contributed by atoms with Gasteiger partial charge < -0.3 is 5.32 Å². The van der Waals surface area contributed by atoms with E-state index >= 15 is 0 Å². The van der Waals surface area contributed by atoms with Crippen molar-refractivity contribution >= 4 is 12.4 Å². The maximum absolute atomic E-state index is 4.25. The Hall–Kier alpha value is -1.57. The van der Waals surface area contributed by atoms with Gasteiger partial charge in [-0.1, -0.05) is 49.8 Å². The zero-order valence-corrected chi connectivity index (χ0v) is 11.1. The standard InChI is InChI=1S/C16H20N2/c1-16(2)9-12(8-14-10-17-11-18-14)7-13-5-3-4-6-15(13)16/h3-7,11,14H,8-10H2,1-2H3,(H,17,18)/t14-/m0/s1. The van der Waals surface area contributed by atoms with Crippen molar-refractivity contribution in [3.8, 4) is 0 Å². The number of hydrogen-bond acceptors (Lipinski definition) is 2.